The molecule has 0 radical (unpaired) electrons. The number of rotatable bonds is 9. The largest absolute Gasteiger partial charge is 0.495 e. The molecule has 1 amide bonds. The molecular weight excluding hydrogens is 617 g/mol. The quantitative estimate of drug-likeness (QED) is 0.222. The molecule has 1 atom stereocenters. The Morgan fingerprint density at radius 1 is 1.04 bits per heavy atom. The first-order chi connectivity index (χ1) is 21.4. The van der Waals surface area contributed by atoms with Crippen molar-refractivity contribution in [1.82, 2.24) is 24.5 Å². The Morgan fingerprint density at radius 2 is 1.80 bits per heavy atom. The number of aromatic carboxylic acids is 1. The van der Waals surface area contributed by atoms with Gasteiger partial charge in [-0.3, -0.25) is 14.2 Å². The van der Waals surface area contributed by atoms with Gasteiger partial charge in [-0.2, -0.15) is 13.2 Å². The highest BCUT2D eigenvalue weighted by molar-refractivity contribution is 6.31. The highest BCUT2D eigenvalue weighted by Crippen LogP contribution is 2.36. The minimum absolute atomic E-state index is 0.0807. The number of nitrogens with zero attached hydrogens (tertiary/aromatic N) is 5. The number of carboxylic acids is 1. The van der Waals surface area contributed by atoms with Gasteiger partial charge < -0.3 is 15.2 Å². The number of pyridine rings is 2. The number of carbonyl (C=O) groups is 2. The van der Waals surface area contributed by atoms with Crippen molar-refractivity contribution in [2.45, 2.75) is 18.6 Å². The third-order valence-corrected chi connectivity index (χ3v) is 6.94. The van der Waals surface area contributed by atoms with Crippen LogP contribution in [0.15, 0.2) is 90.1 Å². The van der Waals surface area contributed by atoms with Crippen molar-refractivity contribution in [3.8, 4) is 22.6 Å². The van der Waals surface area contributed by atoms with E-state index in [4.69, 9.17) is 21.4 Å². The second-order valence-corrected chi connectivity index (χ2v) is 10.1. The van der Waals surface area contributed by atoms with Crippen LogP contribution in [0.3, 0.4) is 0 Å². The number of halogens is 4. The lowest BCUT2D eigenvalue weighted by Crippen LogP contribution is -2.34. The van der Waals surface area contributed by atoms with Crippen LogP contribution in [0.1, 0.15) is 27.8 Å². The first kappa shape index (κ1) is 30.9. The van der Waals surface area contributed by atoms with Crippen LogP contribution in [0.2, 0.25) is 5.02 Å². The highest BCUT2D eigenvalue weighted by atomic mass is 35.5. The summed E-state index contributed by atoms with van der Waals surface area (Å²) >= 11 is 6.24. The van der Waals surface area contributed by atoms with Gasteiger partial charge in [0.15, 0.2) is 5.69 Å². The molecule has 0 aliphatic heterocycles. The van der Waals surface area contributed by atoms with E-state index >= 15 is 0 Å². The van der Waals surface area contributed by atoms with Crippen molar-refractivity contribution in [2.75, 3.05) is 12.4 Å². The monoisotopic (exact) mass is 638 g/mol. The molecule has 0 fully saturated rings. The first-order valence-corrected chi connectivity index (χ1v) is 13.5. The standard InChI is InChI=1S/C30H22ClF3N6O5/c1-45-25-15-39(24(11-17-5-3-2-4-6-17)28(42)36-19-8-9-22(29(43)44)35-14-19)27(41)13-21(25)20-12-18(31)7-10-23(20)40-16-26(37-38-40)30(32,33)34/h2-10,12-16,24H,11H2,1H3,(H,36,42)(H,43,44)/t24-/m0/s1. The average molecular weight is 639 g/mol. The summed E-state index contributed by atoms with van der Waals surface area (Å²) in [6.45, 7) is 0. The molecule has 230 valence electrons. The fraction of sp³-hybridized carbons (Fsp3) is 0.133. The smallest absolute Gasteiger partial charge is 0.436 e. The summed E-state index contributed by atoms with van der Waals surface area (Å²) in [6.07, 6.45) is -1.44. The average Bonchev–Trinajstić information content (AvgIpc) is 3.52. The molecule has 0 bridgehead atoms. The molecule has 0 aliphatic rings. The van der Waals surface area contributed by atoms with E-state index in [1.807, 2.05) is 0 Å². The van der Waals surface area contributed by atoms with E-state index in [2.05, 4.69) is 20.6 Å². The Balaban J connectivity index is 1.58. The molecule has 0 aliphatic carbocycles. The molecule has 3 heterocycles. The minimum Gasteiger partial charge on any atom is -0.495 e. The van der Waals surface area contributed by atoms with Crippen molar-refractivity contribution in [2.24, 2.45) is 0 Å². The van der Waals surface area contributed by atoms with E-state index in [1.54, 1.807) is 30.3 Å². The predicted octanol–water partition coefficient (Wildman–Crippen LogP) is 5.29. The third kappa shape index (κ3) is 6.86. The third-order valence-electron chi connectivity index (χ3n) is 6.70. The fourth-order valence-corrected chi connectivity index (χ4v) is 4.73. The van der Waals surface area contributed by atoms with Crippen LogP contribution in [-0.2, 0) is 17.4 Å². The van der Waals surface area contributed by atoms with Gasteiger partial charge >= 0.3 is 12.1 Å². The molecule has 3 aromatic heterocycles. The van der Waals surface area contributed by atoms with Crippen molar-refractivity contribution < 1.29 is 32.6 Å². The van der Waals surface area contributed by atoms with E-state index < -0.39 is 35.3 Å². The van der Waals surface area contributed by atoms with Crippen molar-refractivity contribution in [1.29, 1.82) is 0 Å². The van der Waals surface area contributed by atoms with Gasteiger partial charge in [-0.25, -0.2) is 14.5 Å². The van der Waals surface area contributed by atoms with Gasteiger partial charge in [0.25, 0.3) is 5.56 Å². The van der Waals surface area contributed by atoms with E-state index in [9.17, 15) is 27.6 Å². The van der Waals surface area contributed by atoms with Crippen LogP contribution in [0, 0.1) is 0 Å². The number of carbonyl (C=O) groups excluding carboxylic acids is 1. The fourth-order valence-electron chi connectivity index (χ4n) is 4.56. The SMILES string of the molecule is COc1cn([C@@H](Cc2ccccc2)C(=O)Nc2ccc(C(=O)O)nc2)c(=O)cc1-c1cc(Cl)ccc1-n1cc(C(F)(F)F)nn1. The van der Waals surface area contributed by atoms with Crippen LogP contribution in [-0.4, -0.2) is 48.6 Å². The van der Waals surface area contributed by atoms with Crippen LogP contribution < -0.4 is 15.6 Å². The van der Waals surface area contributed by atoms with Gasteiger partial charge in [-0.1, -0.05) is 47.1 Å². The van der Waals surface area contributed by atoms with Gasteiger partial charge in [0.2, 0.25) is 5.91 Å². The second-order valence-electron chi connectivity index (χ2n) is 9.64. The van der Waals surface area contributed by atoms with Crippen molar-refractivity contribution >= 4 is 29.2 Å². The molecule has 0 saturated carbocycles. The molecule has 0 unspecified atom stereocenters. The van der Waals surface area contributed by atoms with Crippen LogP contribution >= 0.6 is 11.6 Å². The molecule has 0 saturated heterocycles. The molecule has 5 rings (SSSR count). The van der Waals surface area contributed by atoms with Crippen LogP contribution in [0.4, 0.5) is 18.9 Å². The van der Waals surface area contributed by atoms with Crippen LogP contribution in [0.5, 0.6) is 5.75 Å². The molecule has 5 aromatic rings. The zero-order valence-corrected chi connectivity index (χ0v) is 24.0. The highest BCUT2D eigenvalue weighted by Gasteiger charge is 2.35. The lowest BCUT2D eigenvalue weighted by Gasteiger charge is -2.22. The molecule has 45 heavy (non-hydrogen) atoms. The number of anilines is 1. The zero-order valence-electron chi connectivity index (χ0n) is 23.2. The summed E-state index contributed by atoms with van der Waals surface area (Å²) in [7, 11) is 1.33. The summed E-state index contributed by atoms with van der Waals surface area (Å²) in [5.41, 5.74) is -0.608. The minimum atomic E-state index is -4.73. The normalized spacial score (nSPS) is 12.0. The number of methoxy groups -OCH3 is 1. The van der Waals surface area contributed by atoms with Gasteiger partial charge in [0, 0.05) is 28.6 Å². The van der Waals surface area contributed by atoms with Crippen molar-refractivity contribution in [3.63, 3.8) is 0 Å². The summed E-state index contributed by atoms with van der Waals surface area (Å²) in [5, 5.41) is 18.8. The Morgan fingerprint density at radius 3 is 2.42 bits per heavy atom. The predicted molar refractivity (Wildman–Crippen MR) is 157 cm³/mol. The van der Waals surface area contributed by atoms with Crippen molar-refractivity contribution in [3.05, 3.63) is 118 Å². The maximum Gasteiger partial charge on any atom is 0.436 e. The van der Waals surface area contributed by atoms with E-state index in [-0.39, 0.29) is 45.4 Å². The second kappa shape index (κ2) is 12.6. The molecule has 0 spiro atoms. The van der Waals surface area contributed by atoms with Crippen LogP contribution in [0.25, 0.3) is 16.8 Å². The summed E-state index contributed by atoms with van der Waals surface area (Å²) in [5.74, 6) is -1.74. The lowest BCUT2D eigenvalue weighted by atomic mass is 10.0. The summed E-state index contributed by atoms with van der Waals surface area (Å²) in [4.78, 5) is 42.3. The molecule has 15 heteroatoms. The van der Waals surface area contributed by atoms with Gasteiger partial charge in [0.1, 0.15) is 17.5 Å². The number of amides is 1. The van der Waals surface area contributed by atoms with E-state index in [0.717, 1.165) is 10.2 Å². The van der Waals surface area contributed by atoms with Gasteiger partial charge in [0.05, 0.1) is 37.1 Å². The number of alkyl halides is 3. The first-order valence-electron chi connectivity index (χ1n) is 13.1. The maximum atomic E-state index is 13.7. The van der Waals surface area contributed by atoms with E-state index in [1.165, 1.54) is 60.5 Å². The van der Waals surface area contributed by atoms with Gasteiger partial charge in [-0.05, 0) is 35.9 Å². The zero-order chi connectivity index (χ0) is 32.3. The molecule has 11 nitrogen and oxygen atoms in total. The summed E-state index contributed by atoms with van der Waals surface area (Å²) < 4.78 is 47.4. The number of carboxylic acid groups (broad SMARTS) is 1. The Bertz CT molecular complexity index is 1930. The molecular formula is C30H22ClF3N6O5. The number of hydrogen-bond donors (Lipinski definition) is 2. The number of benzene rings is 2. The number of nitrogens with one attached hydrogen (secondary N) is 1. The van der Waals surface area contributed by atoms with Gasteiger partial charge in [-0.15, -0.1) is 5.10 Å². The number of aromatic nitrogens is 5. The molecule has 2 N–H and O–H groups in total. The topological polar surface area (TPSA) is 141 Å². The number of hydrogen-bond acceptors (Lipinski definition) is 7. The Kier molecular flexibility index (Phi) is 8.68. The summed E-state index contributed by atoms with van der Waals surface area (Å²) in [6, 6.07) is 15.9. The lowest BCUT2D eigenvalue weighted by molar-refractivity contribution is -0.141. The van der Waals surface area contributed by atoms with E-state index in [0.29, 0.717) is 6.20 Å². The Labute approximate surface area is 257 Å². The Hall–Kier alpha value is -5.50. The number of ether oxygens (including phenoxy) is 1. The molecule has 2 aromatic carbocycles. The maximum absolute atomic E-state index is 13.7.